The van der Waals surface area contributed by atoms with Crippen LogP contribution in [-0.4, -0.2) is 70.8 Å². The summed E-state index contributed by atoms with van der Waals surface area (Å²) in [6.07, 6.45) is 5.31. The number of ketones is 1. The van der Waals surface area contributed by atoms with Crippen molar-refractivity contribution < 1.29 is 28.8 Å². The van der Waals surface area contributed by atoms with Crippen molar-refractivity contribution in [3.63, 3.8) is 0 Å². The molecule has 1 aromatic carbocycles. The van der Waals surface area contributed by atoms with Gasteiger partial charge in [-0.1, -0.05) is 25.3 Å². The number of unbranched alkanes of at least 4 members (excludes halogenated alkanes) is 4. The van der Waals surface area contributed by atoms with Crippen LogP contribution in [0.25, 0.3) is 0 Å². The summed E-state index contributed by atoms with van der Waals surface area (Å²) in [5.74, 6) is -1.77. The Morgan fingerprint density at radius 1 is 1.00 bits per heavy atom. The van der Waals surface area contributed by atoms with Gasteiger partial charge in [0, 0.05) is 38.2 Å². The van der Waals surface area contributed by atoms with E-state index in [1.807, 2.05) is 0 Å². The summed E-state index contributed by atoms with van der Waals surface area (Å²) < 4.78 is 0. The highest BCUT2D eigenvalue weighted by atomic mass is 16.2. The third kappa shape index (κ3) is 5.32. The molecule has 3 heterocycles. The van der Waals surface area contributed by atoms with E-state index in [1.54, 1.807) is 30.0 Å². The highest BCUT2D eigenvalue weighted by Gasteiger charge is 2.45. The van der Waals surface area contributed by atoms with Gasteiger partial charge in [-0.2, -0.15) is 0 Å². The molecule has 1 unspecified atom stereocenters. The summed E-state index contributed by atoms with van der Waals surface area (Å²) in [4.78, 5) is 75.7. The van der Waals surface area contributed by atoms with E-state index in [4.69, 9.17) is 0 Å². The number of likely N-dealkylation sites (tertiary alicyclic amines) is 1. The zero-order valence-corrected chi connectivity index (χ0v) is 20.5. The van der Waals surface area contributed by atoms with Gasteiger partial charge in [0.05, 0.1) is 17.0 Å². The third-order valence-electron chi connectivity index (χ3n) is 7.16. The first-order valence-corrected chi connectivity index (χ1v) is 12.6. The summed E-state index contributed by atoms with van der Waals surface area (Å²) >= 11 is 0. The fourth-order valence-corrected chi connectivity index (χ4v) is 4.91. The van der Waals surface area contributed by atoms with Gasteiger partial charge in [-0.15, -0.1) is 0 Å². The highest BCUT2D eigenvalue weighted by molar-refractivity contribution is 6.25. The lowest BCUT2D eigenvalue weighted by atomic mass is 9.95. The van der Waals surface area contributed by atoms with E-state index < -0.39 is 29.7 Å². The molecule has 10 heteroatoms. The van der Waals surface area contributed by atoms with E-state index in [0.29, 0.717) is 31.7 Å². The molecule has 0 aliphatic carbocycles. The van der Waals surface area contributed by atoms with Crippen molar-refractivity contribution in [3.8, 4) is 0 Å². The molecule has 4 rings (SSSR count). The molecule has 192 valence electrons. The highest BCUT2D eigenvalue weighted by Crippen LogP contribution is 2.32. The normalized spacial score (nSPS) is 19.8. The number of nitrogens with one attached hydrogen (secondary N) is 2. The third-order valence-corrected chi connectivity index (χ3v) is 7.16. The molecule has 0 aromatic heterocycles. The number of hydrogen-bond acceptors (Lipinski definition) is 7. The lowest BCUT2D eigenvalue weighted by Gasteiger charge is -2.37. The zero-order valence-electron chi connectivity index (χ0n) is 20.5. The quantitative estimate of drug-likeness (QED) is 0.353. The van der Waals surface area contributed by atoms with Gasteiger partial charge >= 0.3 is 0 Å². The Balaban J connectivity index is 1.18. The standard InChI is InChI=1S/C26H32N4O6/c1-16(31)17-14-29(15-17)22(33)10-5-3-2-4-6-13-27-19-9-7-8-18-23(19)26(36)30(25(18)35)20-11-12-21(32)28-24(20)34/h7-9,17,20,27H,2-6,10-15H2,1H3,(H,28,32,34). The molecule has 2 fully saturated rings. The molecule has 0 spiro atoms. The van der Waals surface area contributed by atoms with Gasteiger partial charge in [-0.25, -0.2) is 0 Å². The maximum absolute atomic E-state index is 13.1. The second kappa shape index (κ2) is 11.0. The topological polar surface area (TPSA) is 133 Å². The van der Waals surface area contributed by atoms with Crippen LogP contribution in [0.1, 0.15) is 79.0 Å². The molecule has 0 radical (unpaired) electrons. The summed E-state index contributed by atoms with van der Waals surface area (Å²) in [7, 11) is 0. The minimum Gasteiger partial charge on any atom is -0.384 e. The van der Waals surface area contributed by atoms with E-state index in [0.717, 1.165) is 37.0 Å². The number of rotatable bonds is 11. The molecule has 1 aromatic rings. The minimum atomic E-state index is -0.980. The SMILES string of the molecule is CC(=O)C1CN(C(=O)CCCCCCCNc2cccc3c2C(=O)N(C2CCC(=O)NC2=O)C3=O)C1. The first kappa shape index (κ1) is 25.5. The fraction of sp³-hybridized carbons (Fsp3) is 0.538. The smallest absolute Gasteiger partial charge is 0.264 e. The number of hydrogen-bond donors (Lipinski definition) is 2. The van der Waals surface area contributed by atoms with Gasteiger partial charge in [0.15, 0.2) is 0 Å². The van der Waals surface area contributed by atoms with Crippen LogP contribution < -0.4 is 10.6 Å². The van der Waals surface area contributed by atoms with Crippen molar-refractivity contribution in [2.24, 2.45) is 5.92 Å². The molecule has 3 aliphatic heterocycles. The van der Waals surface area contributed by atoms with Gasteiger partial charge in [0.1, 0.15) is 11.8 Å². The van der Waals surface area contributed by atoms with Gasteiger partial charge in [0.25, 0.3) is 11.8 Å². The predicted octanol–water partition coefficient (Wildman–Crippen LogP) is 1.89. The number of imide groups is 2. The van der Waals surface area contributed by atoms with Crippen LogP contribution in [0, 0.1) is 5.92 Å². The minimum absolute atomic E-state index is 0.0150. The molecule has 0 saturated carbocycles. The predicted molar refractivity (Wildman–Crippen MR) is 130 cm³/mol. The zero-order chi connectivity index (χ0) is 25.8. The molecule has 3 aliphatic rings. The van der Waals surface area contributed by atoms with Gasteiger partial charge in [-0.05, 0) is 38.3 Å². The number of fused-ring (bicyclic) bond motifs is 1. The molecular weight excluding hydrogens is 464 g/mol. The Labute approximate surface area is 209 Å². The number of amides is 5. The second-order valence-corrected chi connectivity index (χ2v) is 9.73. The number of anilines is 1. The average Bonchev–Trinajstić information content (AvgIpc) is 3.05. The Morgan fingerprint density at radius 3 is 2.44 bits per heavy atom. The first-order valence-electron chi connectivity index (χ1n) is 12.6. The molecular formula is C26H32N4O6. The maximum Gasteiger partial charge on any atom is 0.264 e. The van der Waals surface area contributed by atoms with Crippen molar-refractivity contribution in [3.05, 3.63) is 29.3 Å². The molecule has 1 atom stereocenters. The number of carbonyl (C=O) groups excluding carboxylic acids is 6. The van der Waals surface area contributed by atoms with Gasteiger partial charge < -0.3 is 10.2 Å². The Morgan fingerprint density at radius 2 is 1.72 bits per heavy atom. The molecule has 36 heavy (non-hydrogen) atoms. The summed E-state index contributed by atoms with van der Waals surface area (Å²) in [5, 5.41) is 5.45. The Hall–Kier alpha value is -3.56. The van der Waals surface area contributed by atoms with Crippen LogP contribution in [0.5, 0.6) is 0 Å². The largest absolute Gasteiger partial charge is 0.384 e. The van der Waals surface area contributed by atoms with Crippen LogP contribution in [0.15, 0.2) is 18.2 Å². The van der Waals surface area contributed by atoms with E-state index in [-0.39, 0.29) is 41.6 Å². The van der Waals surface area contributed by atoms with Crippen molar-refractivity contribution >= 4 is 41.0 Å². The first-order chi connectivity index (χ1) is 17.3. The maximum atomic E-state index is 13.1. The molecule has 2 saturated heterocycles. The Kier molecular flexibility index (Phi) is 7.81. The van der Waals surface area contributed by atoms with Crippen LogP contribution in [-0.2, 0) is 19.2 Å². The lowest BCUT2D eigenvalue weighted by molar-refractivity contribution is -0.141. The lowest BCUT2D eigenvalue weighted by Crippen LogP contribution is -2.54. The molecule has 10 nitrogen and oxygen atoms in total. The fourth-order valence-electron chi connectivity index (χ4n) is 4.91. The summed E-state index contributed by atoms with van der Waals surface area (Å²) in [6.45, 7) is 3.31. The van der Waals surface area contributed by atoms with Crippen molar-refractivity contribution in [1.29, 1.82) is 0 Å². The number of Topliss-reactive ketones (excluding diaryl/α,β-unsaturated/α-hetero) is 1. The number of piperidine rings is 1. The summed E-state index contributed by atoms with van der Waals surface area (Å²) in [6, 6.07) is 4.05. The van der Waals surface area contributed by atoms with Crippen LogP contribution in [0.4, 0.5) is 5.69 Å². The van der Waals surface area contributed by atoms with E-state index >= 15 is 0 Å². The van der Waals surface area contributed by atoms with Crippen molar-refractivity contribution in [1.82, 2.24) is 15.1 Å². The molecule has 5 amide bonds. The summed E-state index contributed by atoms with van der Waals surface area (Å²) in [5.41, 5.74) is 1.09. The van der Waals surface area contributed by atoms with Crippen molar-refractivity contribution in [2.75, 3.05) is 25.0 Å². The van der Waals surface area contributed by atoms with Gasteiger partial charge in [-0.3, -0.25) is 39.0 Å². The monoisotopic (exact) mass is 496 g/mol. The average molecular weight is 497 g/mol. The van der Waals surface area contributed by atoms with E-state index in [1.165, 1.54) is 0 Å². The second-order valence-electron chi connectivity index (χ2n) is 9.73. The van der Waals surface area contributed by atoms with Crippen LogP contribution in [0.2, 0.25) is 0 Å². The number of benzene rings is 1. The molecule has 2 N–H and O–H groups in total. The number of nitrogens with zero attached hydrogens (tertiary/aromatic N) is 2. The molecule has 0 bridgehead atoms. The van der Waals surface area contributed by atoms with Crippen LogP contribution in [0.3, 0.4) is 0 Å². The van der Waals surface area contributed by atoms with Gasteiger partial charge in [0.2, 0.25) is 17.7 Å². The van der Waals surface area contributed by atoms with E-state index in [9.17, 15) is 28.8 Å². The van der Waals surface area contributed by atoms with Crippen LogP contribution >= 0.6 is 0 Å². The number of carbonyl (C=O) groups is 6. The van der Waals surface area contributed by atoms with Crippen molar-refractivity contribution in [2.45, 2.75) is 64.3 Å². The Bertz CT molecular complexity index is 1090. The van der Waals surface area contributed by atoms with E-state index in [2.05, 4.69) is 10.6 Å².